The monoisotopic (exact) mass is 558 g/mol. The summed E-state index contributed by atoms with van der Waals surface area (Å²) in [6, 6.07) is 28.3. The van der Waals surface area contributed by atoms with Crippen molar-refractivity contribution in [1.29, 1.82) is 0 Å². The summed E-state index contributed by atoms with van der Waals surface area (Å²) >= 11 is 0.237. The normalized spacial score (nSPS) is 23.2. The van der Waals surface area contributed by atoms with Crippen LogP contribution >= 0.6 is 0 Å². The van der Waals surface area contributed by atoms with Gasteiger partial charge in [-0.1, -0.05) is 0 Å². The molecule has 0 unspecified atom stereocenters. The Morgan fingerprint density at radius 2 is 1.47 bits per heavy atom. The Morgan fingerprint density at radius 1 is 0.882 bits per heavy atom. The van der Waals surface area contributed by atoms with E-state index in [0.29, 0.717) is 16.9 Å². The minimum atomic E-state index is -3.48. The molecule has 0 aliphatic heterocycles. The van der Waals surface area contributed by atoms with E-state index in [0.717, 1.165) is 10.9 Å². The Labute approximate surface area is 211 Å². The van der Waals surface area contributed by atoms with E-state index >= 15 is 0 Å². The first-order chi connectivity index (χ1) is 16.2. The second-order valence-electron chi connectivity index (χ2n) is 10.0. The fraction of sp³-hybridized carbons (Fsp3) is 0.357. The molecule has 6 heteroatoms. The number of benzene rings is 3. The number of hydrogen-bond donors (Lipinski definition) is 1. The van der Waals surface area contributed by atoms with Crippen molar-refractivity contribution in [3.05, 3.63) is 90.5 Å². The van der Waals surface area contributed by atoms with Crippen LogP contribution < -0.4 is 9.65 Å². The molecular weight excluding hydrogens is 523 g/mol. The van der Waals surface area contributed by atoms with Crippen LogP contribution in [0.3, 0.4) is 0 Å². The zero-order valence-corrected chi connectivity index (χ0v) is 23.6. The summed E-state index contributed by atoms with van der Waals surface area (Å²) in [6.45, 7) is 6.73. The van der Waals surface area contributed by atoms with Crippen LogP contribution in [0.25, 0.3) is 0 Å². The number of aliphatic hydroxyl groups excluding tert-OH is 1. The van der Waals surface area contributed by atoms with E-state index in [4.69, 9.17) is 0 Å². The molecule has 4 rings (SSSR count). The molecule has 0 bridgehead atoms. The number of aliphatic hydroxyl groups is 1. The van der Waals surface area contributed by atoms with Crippen LogP contribution in [0.2, 0.25) is 24.0 Å². The van der Waals surface area contributed by atoms with E-state index in [9.17, 15) is 13.5 Å². The molecule has 1 aliphatic rings. The predicted molar refractivity (Wildman–Crippen MR) is 145 cm³/mol. The molecule has 34 heavy (non-hydrogen) atoms. The maximum absolute atomic E-state index is 13.4. The summed E-state index contributed by atoms with van der Waals surface area (Å²) in [7, 11) is -5.42. The van der Waals surface area contributed by atoms with E-state index < -0.39 is 24.0 Å². The average molecular weight is 558 g/mol. The molecule has 0 heterocycles. The van der Waals surface area contributed by atoms with Crippen LogP contribution in [0.5, 0.6) is 0 Å². The molecule has 4 atom stereocenters. The molecule has 0 aromatic heterocycles. The van der Waals surface area contributed by atoms with Crippen molar-refractivity contribution in [1.82, 2.24) is 0 Å². The fourth-order valence-electron chi connectivity index (χ4n) is 5.38. The Bertz CT molecular complexity index is 1180. The van der Waals surface area contributed by atoms with Gasteiger partial charge in [0.1, 0.15) is 0 Å². The van der Waals surface area contributed by atoms with Gasteiger partial charge in [-0.25, -0.2) is 0 Å². The van der Waals surface area contributed by atoms with Crippen molar-refractivity contribution in [3.63, 3.8) is 0 Å². The van der Waals surface area contributed by atoms with Crippen molar-refractivity contribution < 1.29 is 13.5 Å². The molecule has 1 fully saturated rings. The van der Waals surface area contributed by atoms with Gasteiger partial charge in [0, 0.05) is 0 Å². The third-order valence-electron chi connectivity index (χ3n) is 7.48. The van der Waals surface area contributed by atoms with Gasteiger partial charge >= 0.3 is 212 Å². The van der Waals surface area contributed by atoms with Crippen LogP contribution in [0.15, 0.2) is 89.8 Å². The molecular formula is C28H34O3SSeSi. The summed E-state index contributed by atoms with van der Waals surface area (Å²) < 4.78 is 28.1. The average Bonchev–Trinajstić information content (AvgIpc) is 3.14. The van der Waals surface area contributed by atoms with Gasteiger partial charge in [-0.15, -0.1) is 0 Å². The molecule has 0 spiro atoms. The SMILES string of the molecule is Cc1ccc(S(=O)(=O)C[C@@H]2[C@H](C[Se]c3ccccc3)[C@@H]([Si](C)(C)c3ccccc3)C[C@@H]2O)cc1. The Balaban J connectivity index is 1.65. The van der Waals surface area contributed by atoms with Crippen LogP contribution in [0.1, 0.15) is 12.0 Å². The number of sulfone groups is 1. The van der Waals surface area contributed by atoms with Gasteiger partial charge < -0.3 is 0 Å². The molecule has 0 saturated heterocycles. The summed E-state index contributed by atoms with van der Waals surface area (Å²) in [5.41, 5.74) is 1.38. The summed E-state index contributed by atoms with van der Waals surface area (Å²) in [5.74, 6) is -0.0302. The maximum atomic E-state index is 13.4. The summed E-state index contributed by atoms with van der Waals surface area (Å²) in [4.78, 5) is 0.362. The van der Waals surface area contributed by atoms with Gasteiger partial charge in [-0.3, -0.25) is 0 Å². The van der Waals surface area contributed by atoms with Gasteiger partial charge in [-0.2, -0.15) is 0 Å². The van der Waals surface area contributed by atoms with Crippen molar-refractivity contribution in [2.24, 2.45) is 11.8 Å². The van der Waals surface area contributed by atoms with Crippen LogP contribution in [0, 0.1) is 18.8 Å². The van der Waals surface area contributed by atoms with Gasteiger partial charge in [-0.05, 0) is 0 Å². The Hall–Kier alpha value is -1.69. The van der Waals surface area contributed by atoms with Crippen LogP contribution in [0.4, 0.5) is 0 Å². The van der Waals surface area contributed by atoms with Crippen molar-refractivity contribution in [2.75, 3.05) is 5.75 Å². The van der Waals surface area contributed by atoms with E-state index in [-0.39, 0.29) is 32.5 Å². The molecule has 1 aliphatic carbocycles. The molecule has 1 N–H and O–H groups in total. The molecule has 180 valence electrons. The first-order valence-electron chi connectivity index (χ1n) is 11.9. The van der Waals surface area contributed by atoms with E-state index in [1.165, 1.54) is 9.65 Å². The zero-order valence-electron chi connectivity index (χ0n) is 20.1. The summed E-state index contributed by atoms with van der Waals surface area (Å²) in [5, 5.41) is 13.6. The second-order valence-corrected chi connectivity index (χ2v) is 19.1. The first kappa shape index (κ1) is 25.4. The molecule has 1 saturated carbocycles. The van der Waals surface area contributed by atoms with E-state index in [1.807, 2.05) is 31.2 Å². The number of hydrogen-bond acceptors (Lipinski definition) is 3. The fourth-order valence-corrected chi connectivity index (χ4v) is 13.8. The third kappa shape index (κ3) is 5.58. The Kier molecular flexibility index (Phi) is 7.85. The van der Waals surface area contributed by atoms with Crippen molar-refractivity contribution in [2.45, 2.75) is 48.3 Å². The van der Waals surface area contributed by atoms with Gasteiger partial charge in [0.2, 0.25) is 0 Å². The van der Waals surface area contributed by atoms with Crippen molar-refractivity contribution >= 4 is 42.5 Å². The third-order valence-corrected chi connectivity index (χ3v) is 16.1. The number of rotatable bonds is 8. The van der Waals surface area contributed by atoms with E-state index in [2.05, 4.69) is 61.6 Å². The van der Waals surface area contributed by atoms with E-state index in [1.54, 1.807) is 12.1 Å². The molecule has 3 aromatic rings. The first-order valence-corrected chi connectivity index (χ1v) is 18.7. The molecule has 3 aromatic carbocycles. The van der Waals surface area contributed by atoms with Crippen LogP contribution in [-0.2, 0) is 9.84 Å². The second kappa shape index (κ2) is 10.5. The Morgan fingerprint density at radius 3 is 2.09 bits per heavy atom. The van der Waals surface area contributed by atoms with Gasteiger partial charge in [0.05, 0.1) is 0 Å². The number of aryl methyl sites for hydroxylation is 1. The minimum absolute atomic E-state index is 0.0164. The van der Waals surface area contributed by atoms with Gasteiger partial charge in [0.25, 0.3) is 0 Å². The van der Waals surface area contributed by atoms with Crippen molar-refractivity contribution in [3.8, 4) is 0 Å². The molecule has 0 amide bonds. The standard InChI is InChI=1S/C28H34O3SSeSi/c1-21-14-16-22(17-15-21)32(30,31)19-25-26(20-33-23-10-6-4-7-11-23)28(18-27(25)29)34(2,3)24-12-8-5-9-13-24/h4-17,25-29H,18-20H2,1-3H3/t25-,26+,27+,28+/m1/s1. The molecule has 3 nitrogen and oxygen atoms in total. The van der Waals surface area contributed by atoms with Gasteiger partial charge in [0.15, 0.2) is 0 Å². The molecule has 0 radical (unpaired) electrons. The predicted octanol–water partition coefficient (Wildman–Crippen LogP) is 4.20. The quantitative estimate of drug-likeness (QED) is 0.423. The topological polar surface area (TPSA) is 54.4 Å². The zero-order chi connectivity index (χ0) is 24.3. The summed E-state index contributed by atoms with van der Waals surface area (Å²) in [6.07, 6.45) is 0.106. The van der Waals surface area contributed by atoms with Crippen LogP contribution in [-0.4, -0.2) is 48.4 Å².